The van der Waals surface area contributed by atoms with E-state index in [4.69, 9.17) is 11.5 Å². The Labute approximate surface area is 151 Å². The van der Waals surface area contributed by atoms with E-state index < -0.39 is 0 Å². The zero-order valence-corrected chi connectivity index (χ0v) is 16.4. The third kappa shape index (κ3) is 16.3. The summed E-state index contributed by atoms with van der Waals surface area (Å²) in [5, 5.41) is 0. The monoisotopic (exact) mass is 340 g/mol. The number of primary amides is 1. The molecule has 0 aromatic carbocycles. The first-order chi connectivity index (χ1) is 11.7. The van der Waals surface area contributed by atoms with Crippen molar-refractivity contribution in [2.75, 3.05) is 6.54 Å². The second-order valence-corrected chi connectivity index (χ2v) is 7.42. The van der Waals surface area contributed by atoms with Crippen molar-refractivity contribution in [3.63, 3.8) is 0 Å². The van der Waals surface area contributed by atoms with Crippen LogP contribution in [0.15, 0.2) is 0 Å². The predicted octanol–water partition coefficient (Wildman–Crippen LogP) is 5.70. The molecule has 0 radical (unpaired) electrons. The van der Waals surface area contributed by atoms with E-state index in [2.05, 4.69) is 6.92 Å². The predicted molar refractivity (Wildman–Crippen MR) is 106 cm³/mol. The molecule has 0 aliphatic rings. The molecule has 0 aromatic rings. The summed E-state index contributed by atoms with van der Waals surface area (Å²) in [5.74, 6) is -0.0935. The van der Waals surface area contributed by atoms with Crippen LogP contribution in [-0.4, -0.2) is 12.5 Å². The third-order valence-corrected chi connectivity index (χ3v) is 5.07. The quantitative estimate of drug-likeness (QED) is 0.296. The van der Waals surface area contributed by atoms with E-state index in [1.54, 1.807) is 0 Å². The average Bonchev–Trinajstić information content (AvgIpc) is 2.57. The molecular formula is C21H44N2O. The number of carbonyl (C=O) groups excluding carboxylic acids is 1. The molecule has 1 atom stereocenters. The van der Waals surface area contributed by atoms with Crippen LogP contribution in [0.25, 0.3) is 0 Å². The number of hydrogen-bond acceptors (Lipinski definition) is 2. The normalized spacial score (nSPS) is 12.4. The number of rotatable bonds is 19. The highest BCUT2D eigenvalue weighted by molar-refractivity contribution is 5.76. The Hall–Kier alpha value is -0.570. The molecule has 0 bridgehead atoms. The van der Waals surface area contributed by atoms with Crippen LogP contribution in [0.4, 0.5) is 0 Å². The van der Waals surface area contributed by atoms with Crippen molar-refractivity contribution in [1.29, 1.82) is 0 Å². The van der Waals surface area contributed by atoms with Crippen molar-refractivity contribution < 1.29 is 4.79 Å². The molecule has 0 saturated heterocycles. The van der Waals surface area contributed by atoms with E-state index in [1.165, 1.54) is 83.5 Å². The largest absolute Gasteiger partial charge is 0.369 e. The number of unbranched alkanes of at least 4 members (excludes halogenated alkanes) is 13. The second-order valence-electron chi connectivity index (χ2n) is 7.42. The van der Waals surface area contributed by atoms with E-state index in [0.29, 0.717) is 6.54 Å². The second kappa shape index (κ2) is 18.8. The highest BCUT2D eigenvalue weighted by Crippen LogP contribution is 2.17. The van der Waals surface area contributed by atoms with Crippen LogP contribution >= 0.6 is 0 Å². The van der Waals surface area contributed by atoms with E-state index in [0.717, 1.165) is 25.7 Å². The summed E-state index contributed by atoms with van der Waals surface area (Å²) in [6.45, 7) is 2.93. The maximum absolute atomic E-state index is 11.4. The molecule has 144 valence electrons. The van der Waals surface area contributed by atoms with Crippen LogP contribution in [0, 0.1) is 5.92 Å². The van der Waals surface area contributed by atoms with Crippen LogP contribution < -0.4 is 11.5 Å². The minimum atomic E-state index is -0.141. The summed E-state index contributed by atoms with van der Waals surface area (Å²) in [6, 6.07) is 0. The lowest BCUT2D eigenvalue weighted by Gasteiger charge is -2.12. The number of nitrogens with two attached hydrogens (primary N) is 2. The number of amides is 1. The van der Waals surface area contributed by atoms with Crippen LogP contribution in [0.3, 0.4) is 0 Å². The van der Waals surface area contributed by atoms with Gasteiger partial charge in [0.15, 0.2) is 0 Å². The smallest absolute Gasteiger partial charge is 0.220 e. The molecule has 1 amide bonds. The van der Waals surface area contributed by atoms with Crippen LogP contribution in [0.1, 0.15) is 116 Å². The first-order valence-corrected chi connectivity index (χ1v) is 10.7. The fourth-order valence-electron chi connectivity index (χ4n) is 3.38. The van der Waals surface area contributed by atoms with Crippen LogP contribution in [-0.2, 0) is 4.79 Å². The lowest BCUT2D eigenvalue weighted by molar-refractivity contribution is -0.122. The molecule has 0 spiro atoms. The standard InChI is InChI=1S/C21H44N2O/c1-2-3-4-5-6-7-8-9-10-11-12-13-14-15-17-20(21(23)24)18-16-19-22/h20H,2-19,22H2,1H3,(H2,23,24). The summed E-state index contributed by atoms with van der Waals surface area (Å²) >= 11 is 0. The zero-order chi connectivity index (χ0) is 17.9. The maximum Gasteiger partial charge on any atom is 0.220 e. The zero-order valence-electron chi connectivity index (χ0n) is 16.4. The minimum absolute atomic E-state index is 0.0471. The Morgan fingerprint density at radius 1 is 0.667 bits per heavy atom. The molecule has 0 aromatic heterocycles. The first-order valence-electron chi connectivity index (χ1n) is 10.7. The Balaban J connectivity index is 3.25. The molecule has 0 fully saturated rings. The van der Waals surface area contributed by atoms with Crippen molar-refractivity contribution in [3.05, 3.63) is 0 Å². The van der Waals surface area contributed by atoms with Gasteiger partial charge in [-0.1, -0.05) is 96.8 Å². The molecule has 0 saturated carbocycles. The van der Waals surface area contributed by atoms with Gasteiger partial charge in [0.2, 0.25) is 5.91 Å². The third-order valence-electron chi connectivity index (χ3n) is 5.07. The Bertz CT molecular complexity index is 269. The van der Waals surface area contributed by atoms with Gasteiger partial charge >= 0.3 is 0 Å². The molecule has 0 aliphatic carbocycles. The summed E-state index contributed by atoms with van der Waals surface area (Å²) in [5.41, 5.74) is 11.0. The lowest BCUT2D eigenvalue weighted by atomic mass is 9.95. The minimum Gasteiger partial charge on any atom is -0.369 e. The van der Waals surface area contributed by atoms with E-state index in [1.807, 2.05) is 0 Å². The summed E-state index contributed by atoms with van der Waals surface area (Å²) < 4.78 is 0. The summed E-state index contributed by atoms with van der Waals surface area (Å²) in [4.78, 5) is 11.4. The Morgan fingerprint density at radius 3 is 1.42 bits per heavy atom. The van der Waals surface area contributed by atoms with E-state index >= 15 is 0 Å². The van der Waals surface area contributed by atoms with Crippen LogP contribution in [0.2, 0.25) is 0 Å². The maximum atomic E-state index is 11.4. The van der Waals surface area contributed by atoms with Gasteiger partial charge in [0.1, 0.15) is 0 Å². The topological polar surface area (TPSA) is 69.1 Å². The molecule has 1 unspecified atom stereocenters. The van der Waals surface area contributed by atoms with Gasteiger partial charge in [0, 0.05) is 5.92 Å². The van der Waals surface area contributed by atoms with Gasteiger partial charge in [-0.2, -0.15) is 0 Å². The molecule has 4 N–H and O–H groups in total. The van der Waals surface area contributed by atoms with Gasteiger partial charge in [-0.15, -0.1) is 0 Å². The summed E-state index contributed by atoms with van der Waals surface area (Å²) in [6.07, 6.45) is 21.9. The van der Waals surface area contributed by atoms with E-state index in [-0.39, 0.29) is 11.8 Å². The average molecular weight is 341 g/mol. The van der Waals surface area contributed by atoms with Gasteiger partial charge in [-0.05, 0) is 25.8 Å². The molecule has 0 aliphatic heterocycles. The fourth-order valence-corrected chi connectivity index (χ4v) is 3.38. The van der Waals surface area contributed by atoms with Crippen molar-refractivity contribution in [2.24, 2.45) is 17.4 Å². The van der Waals surface area contributed by atoms with Crippen molar-refractivity contribution in [1.82, 2.24) is 0 Å². The molecular weight excluding hydrogens is 296 g/mol. The Kier molecular flexibility index (Phi) is 18.3. The van der Waals surface area contributed by atoms with E-state index in [9.17, 15) is 4.79 Å². The molecule has 0 rings (SSSR count). The number of carbonyl (C=O) groups is 1. The van der Waals surface area contributed by atoms with Crippen molar-refractivity contribution in [3.8, 4) is 0 Å². The van der Waals surface area contributed by atoms with Gasteiger partial charge in [0.25, 0.3) is 0 Å². The molecule has 0 heterocycles. The highest BCUT2D eigenvalue weighted by atomic mass is 16.1. The fraction of sp³-hybridized carbons (Fsp3) is 0.952. The van der Waals surface area contributed by atoms with Crippen molar-refractivity contribution >= 4 is 5.91 Å². The lowest BCUT2D eigenvalue weighted by Crippen LogP contribution is -2.24. The molecule has 3 heteroatoms. The van der Waals surface area contributed by atoms with Gasteiger partial charge in [-0.3, -0.25) is 4.79 Å². The molecule has 3 nitrogen and oxygen atoms in total. The van der Waals surface area contributed by atoms with Crippen molar-refractivity contribution in [2.45, 2.75) is 116 Å². The summed E-state index contributed by atoms with van der Waals surface area (Å²) in [7, 11) is 0. The number of hydrogen-bond donors (Lipinski definition) is 2. The molecule has 24 heavy (non-hydrogen) atoms. The van der Waals surface area contributed by atoms with Gasteiger partial charge in [-0.25, -0.2) is 0 Å². The van der Waals surface area contributed by atoms with Gasteiger partial charge in [0.05, 0.1) is 0 Å². The van der Waals surface area contributed by atoms with Gasteiger partial charge < -0.3 is 11.5 Å². The first kappa shape index (κ1) is 23.4. The Morgan fingerprint density at radius 2 is 1.04 bits per heavy atom. The highest BCUT2D eigenvalue weighted by Gasteiger charge is 2.13. The van der Waals surface area contributed by atoms with Crippen LogP contribution in [0.5, 0.6) is 0 Å². The SMILES string of the molecule is CCCCCCCCCCCCCCCCC(CCCN)C(N)=O.